The Hall–Kier alpha value is -3.08. The van der Waals surface area contributed by atoms with Gasteiger partial charge in [-0.05, 0) is 18.2 Å². The Bertz CT molecular complexity index is 825. The number of anilines is 1. The molecule has 0 aliphatic carbocycles. The molecular weight excluding hydrogens is 304 g/mol. The van der Waals surface area contributed by atoms with Gasteiger partial charge in [0.1, 0.15) is 0 Å². The number of carbonyl (C=O) groups excluding carboxylic acids is 1. The van der Waals surface area contributed by atoms with Crippen molar-refractivity contribution in [2.75, 3.05) is 19.0 Å². The summed E-state index contributed by atoms with van der Waals surface area (Å²) in [6, 6.07) is 16.9. The van der Waals surface area contributed by atoms with E-state index < -0.39 is 5.97 Å². The van der Waals surface area contributed by atoms with Gasteiger partial charge in [0.15, 0.2) is 12.4 Å². The number of hydrogen-bond acceptors (Lipinski definition) is 5. The van der Waals surface area contributed by atoms with Gasteiger partial charge in [0, 0.05) is 25.3 Å². The van der Waals surface area contributed by atoms with Crippen molar-refractivity contribution >= 4 is 11.7 Å². The highest BCUT2D eigenvalue weighted by molar-refractivity contribution is 5.90. The Labute approximate surface area is 140 Å². The Morgan fingerprint density at radius 2 is 1.92 bits per heavy atom. The SMILES string of the molecule is CN(C)c1cccc(C(=O)OCc2ncc(-c3ccccc3)o2)c1. The van der Waals surface area contributed by atoms with Crippen LogP contribution in [0.3, 0.4) is 0 Å². The van der Waals surface area contributed by atoms with E-state index in [2.05, 4.69) is 4.98 Å². The molecule has 0 atom stereocenters. The van der Waals surface area contributed by atoms with Crippen LogP contribution in [0.2, 0.25) is 0 Å². The molecule has 0 saturated heterocycles. The maximum Gasteiger partial charge on any atom is 0.338 e. The van der Waals surface area contributed by atoms with Crippen molar-refractivity contribution in [3.8, 4) is 11.3 Å². The van der Waals surface area contributed by atoms with Crippen LogP contribution in [0.25, 0.3) is 11.3 Å². The van der Waals surface area contributed by atoms with E-state index in [1.807, 2.05) is 61.5 Å². The van der Waals surface area contributed by atoms with E-state index in [0.717, 1.165) is 11.3 Å². The summed E-state index contributed by atoms with van der Waals surface area (Å²) in [6.45, 7) is -0.00212. The van der Waals surface area contributed by atoms with Gasteiger partial charge in [0.2, 0.25) is 5.89 Å². The number of rotatable bonds is 5. The molecule has 1 heterocycles. The van der Waals surface area contributed by atoms with E-state index in [1.54, 1.807) is 18.3 Å². The van der Waals surface area contributed by atoms with Crippen molar-refractivity contribution in [3.05, 3.63) is 72.2 Å². The number of hydrogen-bond donors (Lipinski definition) is 0. The highest BCUT2D eigenvalue weighted by Crippen LogP contribution is 2.20. The van der Waals surface area contributed by atoms with Crippen molar-refractivity contribution < 1.29 is 13.9 Å². The van der Waals surface area contributed by atoms with E-state index in [-0.39, 0.29) is 6.61 Å². The summed E-state index contributed by atoms with van der Waals surface area (Å²) in [5, 5.41) is 0. The average molecular weight is 322 g/mol. The summed E-state index contributed by atoms with van der Waals surface area (Å²) >= 11 is 0. The molecule has 5 nitrogen and oxygen atoms in total. The van der Waals surface area contributed by atoms with Gasteiger partial charge in [-0.2, -0.15) is 0 Å². The van der Waals surface area contributed by atoms with Crippen molar-refractivity contribution in [2.24, 2.45) is 0 Å². The molecule has 0 unspecified atom stereocenters. The van der Waals surface area contributed by atoms with Crippen LogP contribution in [0.1, 0.15) is 16.2 Å². The van der Waals surface area contributed by atoms with E-state index >= 15 is 0 Å². The summed E-state index contributed by atoms with van der Waals surface area (Å²) in [5.41, 5.74) is 2.37. The molecule has 2 aromatic carbocycles. The zero-order valence-corrected chi connectivity index (χ0v) is 13.6. The molecule has 0 bridgehead atoms. The van der Waals surface area contributed by atoms with Crippen molar-refractivity contribution in [2.45, 2.75) is 6.61 Å². The molecule has 5 heteroatoms. The monoisotopic (exact) mass is 322 g/mol. The van der Waals surface area contributed by atoms with Crippen LogP contribution in [0.15, 0.2) is 65.2 Å². The largest absolute Gasteiger partial charge is 0.452 e. The van der Waals surface area contributed by atoms with Crippen LogP contribution < -0.4 is 4.90 Å². The Balaban J connectivity index is 1.65. The molecule has 0 aliphatic heterocycles. The molecule has 0 fully saturated rings. The molecule has 1 aromatic heterocycles. The molecule has 24 heavy (non-hydrogen) atoms. The molecule has 0 N–H and O–H groups in total. The third-order valence-electron chi connectivity index (χ3n) is 3.54. The topological polar surface area (TPSA) is 55.6 Å². The smallest absolute Gasteiger partial charge is 0.338 e. The quantitative estimate of drug-likeness (QED) is 0.669. The molecule has 3 rings (SSSR count). The lowest BCUT2D eigenvalue weighted by atomic mass is 10.2. The zero-order valence-electron chi connectivity index (χ0n) is 13.6. The predicted octanol–water partition coefficient (Wildman–Crippen LogP) is 3.76. The van der Waals surface area contributed by atoms with Crippen molar-refractivity contribution in [1.82, 2.24) is 4.98 Å². The fourth-order valence-electron chi connectivity index (χ4n) is 2.23. The van der Waals surface area contributed by atoms with E-state index in [1.165, 1.54) is 0 Å². The second-order valence-electron chi connectivity index (χ2n) is 5.51. The zero-order chi connectivity index (χ0) is 16.9. The second-order valence-corrected chi connectivity index (χ2v) is 5.51. The van der Waals surface area contributed by atoms with Gasteiger partial charge < -0.3 is 14.1 Å². The first-order valence-corrected chi connectivity index (χ1v) is 7.58. The second kappa shape index (κ2) is 7.00. The van der Waals surface area contributed by atoms with Crippen LogP contribution in [0.4, 0.5) is 5.69 Å². The fourth-order valence-corrected chi connectivity index (χ4v) is 2.23. The standard InChI is InChI=1S/C19H18N2O3/c1-21(2)16-10-6-9-15(11-16)19(22)23-13-18-20-12-17(24-18)14-7-4-3-5-8-14/h3-12H,13H2,1-2H3. The van der Waals surface area contributed by atoms with Crippen LogP contribution in [-0.4, -0.2) is 25.0 Å². The van der Waals surface area contributed by atoms with Gasteiger partial charge in [-0.3, -0.25) is 0 Å². The summed E-state index contributed by atoms with van der Waals surface area (Å²) < 4.78 is 10.9. The average Bonchev–Trinajstić information content (AvgIpc) is 3.09. The summed E-state index contributed by atoms with van der Waals surface area (Å²) in [5.74, 6) is 0.611. The first-order valence-electron chi connectivity index (χ1n) is 7.58. The molecule has 0 radical (unpaired) electrons. The highest BCUT2D eigenvalue weighted by atomic mass is 16.5. The minimum absolute atomic E-state index is 0.00212. The third-order valence-corrected chi connectivity index (χ3v) is 3.54. The minimum atomic E-state index is -0.404. The lowest BCUT2D eigenvalue weighted by Gasteiger charge is -2.13. The molecule has 122 valence electrons. The van der Waals surface area contributed by atoms with Gasteiger partial charge in [-0.1, -0.05) is 36.4 Å². The van der Waals surface area contributed by atoms with Gasteiger partial charge >= 0.3 is 5.97 Å². The molecule has 0 aliphatic rings. The summed E-state index contributed by atoms with van der Waals surface area (Å²) in [4.78, 5) is 18.2. The number of benzene rings is 2. The summed E-state index contributed by atoms with van der Waals surface area (Å²) in [7, 11) is 3.84. The van der Waals surface area contributed by atoms with E-state index in [0.29, 0.717) is 17.2 Å². The Morgan fingerprint density at radius 1 is 1.12 bits per heavy atom. The lowest BCUT2D eigenvalue weighted by Crippen LogP contribution is -2.11. The minimum Gasteiger partial charge on any atom is -0.452 e. The molecular formula is C19H18N2O3. The lowest BCUT2D eigenvalue weighted by molar-refractivity contribution is 0.0439. The number of carbonyl (C=O) groups is 1. The number of aromatic nitrogens is 1. The van der Waals surface area contributed by atoms with Crippen LogP contribution in [-0.2, 0) is 11.3 Å². The van der Waals surface area contributed by atoms with Crippen LogP contribution in [0, 0.1) is 0 Å². The van der Waals surface area contributed by atoms with Gasteiger partial charge in [-0.25, -0.2) is 9.78 Å². The van der Waals surface area contributed by atoms with Crippen LogP contribution >= 0.6 is 0 Å². The number of ether oxygens (including phenoxy) is 1. The molecule has 3 aromatic rings. The first kappa shape index (κ1) is 15.8. The maximum absolute atomic E-state index is 12.2. The fraction of sp³-hybridized carbons (Fsp3) is 0.158. The van der Waals surface area contributed by atoms with Gasteiger partial charge in [-0.15, -0.1) is 0 Å². The molecule has 0 saturated carbocycles. The van der Waals surface area contributed by atoms with E-state index in [4.69, 9.17) is 9.15 Å². The number of nitrogens with zero attached hydrogens (tertiary/aromatic N) is 2. The van der Waals surface area contributed by atoms with Gasteiger partial charge in [0.25, 0.3) is 0 Å². The number of esters is 1. The maximum atomic E-state index is 12.2. The number of oxazole rings is 1. The first-order chi connectivity index (χ1) is 11.6. The Kier molecular flexibility index (Phi) is 4.61. The van der Waals surface area contributed by atoms with Crippen LogP contribution in [0.5, 0.6) is 0 Å². The predicted molar refractivity (Wildman–Crippen MR) is 91.8 cm³/mol. The Morgan fingerprint density at radius 3 is 2.67 bits per heavy atom. The summed E-state index contributed by atoms with van der Waals surface area (Å²) in [6.07, 6.45) is 1.63. The normalized spacial score (nSPS) is 10.4. The highest BCUT2D eigenvalue weighted by Gasteiger charge is 2.12. The van der Waals surface area contributed by atoms with E-state index in [9.17, 15) is 4.79 Å². The molecule has 0 spiro atoms. The van der Waals surface area contributed by atoms with Crippen molar-refractivity contribution in [3.63, 3.8) is 0 Å². The van der Waals surface area contributed by atoms with Gasteiger partial charge in [0.05, 0.1) is 11.8 Å². The third kappa shape index (κ3) is 3.63. The molecule has 0 amide bonds. The van der Waals surface area contributed by atoms with Crippen molar-refractivity contribution in [1.29, 1.82) is 0 Å².